The molecule has 1 aromatic heterocycles. The van der Waals surface area contributed by atoms with Crippen molar-refractivity contribution in [2.24, 2.45) is 11.8 Å². The van der Waals surface area contributed by atoms with Gasteiger partial charge in [-0.05, 0) is 47.1 Å². The lowest BCUT2D eigenvalue weighted by atomic mass is 10.0. The van der Waals surface area contributed by atoms with E-state index >= 15 is 0 Å². The van der Waals surface area contributed by atoms with Crippen LogP contribution in [0.25, 0.3) is 0 Å². The number of sulfone groups is 1. The van der Waals surface area contributed by atoms with Crippen LogP contribution in [0.4, 0.5) is 0 Å². The van der Waals surface area contributed by atoms with Crippen LogP contribution in [0.1, 0.15) is 22.6 Å². The summed E-state index contributed by atoms with van der Waals surface area (Å²) in [5.74, 6) is 0.843. The van der Waals surface area contributed by atoms with Crippen LogP contribution < -0.4 is 5.32 Å². The molecule has 7 heteroatoms. The molecule has 0 saturated heterocycles. The van der Waals surface area contributed by atoms with Crippen molar-refractivity contribution in [1.29, 1.82) is 0 Å². The van der Waals surface area contributed by atoms with Gasteiger partial charge in [-0.15, -0.1) is 0 Å². The van der Waals surface area contributed by atoms with Crippen LogP contribution in [0.3, 0.4) is 0 Å². The Kier molecular flexibility index (Phi) is 3.96. The van der Waals surface area contributed by atoms with Crippen molar-refractivity contribution in [1.82, 2.24) is 10.3 Å². The van der Waals surface area contributed by atoms with Gasteiger partial charge in [0.25, 0.3) is 0 Å². The van der Waals surface area contributed by atoms with E-state index in [0.29, 0.717) is 18.4 Å². The molecule has 0 radical (unpaired) electrons. The highest BCUT2D eigenvalue weighted by Crippen LogP contribution is 2.62. The number of rotatable bonds is 4. The summed E-state index contributed by atoms with van der Waals surface area (Å²) < 4.78 is 23.9. The maximum absolute atomic E-state index is 12.5. The van der Waals surface area contributed by atoms with Crippen LogP contribution in [0, 0.1) is 11.8 Å². The highest BCUT2D eigenvalue weighted by molar-refractivity contribution is 9.10. The highest BCUT2D eigenvalue weighted by Gasteiger charge is 2.59. The van der Waals surface area contributed by atoms with E-state index in [0.717, 1.165) is 22.7 Å². The molecule has 2 aliphatic rings. The first kappa shape index (κ1) is 16.7. The van der Waals surface area contributed by atoms with Gasteiger partial charge < -0.3 is 5.32 Å². The third-order valence-corrected chi connectivity index (χ3v) is 6.81. The Morgan fingerprint density at radius 2 is 2.12 bits per heavy atom. The number of aromatic nitrogens is 1. The van der Waals surface area contributed by atoms with E-state index in [1.54, 1.807) is 6.07 Å². The Bertz CT molecular complexity index is 957. The van der Waals surface area contributed by atoms with Crippen molar-refractivity contribution in [2.45, 2.75) is 23.9 Å². The quantitative estimate of drug-likeness (QED) is 0.823. The fourth-order valence-electron chi connectivity index (χ4n) is 3.79. The average Bonchev–Trinajstić information content (AvgIpc) is 3.16. The van der Waals surface area contributed by atoms with Gasteiger partial charge in [-0.2, -0.15) is 0 Å². The predicted octanol–water partition coefficient (Wildman–Crippen LogP) is 2.45. The van der Waals surface area contributed by atoms with Crippen LogP contribution in [0.5, 0.6) is 0 Å². The maximum atomic E-state index is 12.5. The van der Waals surface area contributed by atoms with Gasteiger partial charge in [0.05, 0.1) is 0 Å². The third kappa shape index (κ3) is 3.00. The molecule has 25 heavy (non-hydrogen) atoms. The average molecular weight is 421 g/mol. The second kappa shape index (κ2) is 5.92. The number of nitrogens with zero attached hydrogens (tertiary/aromatic N) is 1. The number of carbonyl (C=O) groups excluding carboxylic acids is 1. The van der Waals surface area contributed by atoms with E-state index in [1.165, 1.54) is 23.4 Å². The Hall–Kier alpha value is -1.73. The topological polar surface area (TPSA) is 76.1 Å². The number of carbonyl (C=O) groups is 1. The molecule has 5 nitrogen and oxygen atoms in total. The van der Waals surface area contributed by atoms with Gasteiger partial charge in [-0.25, -0.2) is 13.4 Å². The van der Waals surface area contributed by atoms with Crippen LogP contribution in [-0.2, 0) is 27.6 Å². The minimum atomic E-state index is -3.30. The molecule has 2 aliphatic carbocycles. The fraction of sp³-hybridized carbons (Fsp3) is 0.333. The summed E-state index contributed by atoms with van der Waals surface area (Å²) in [6, 6.07) is 9.34. The summed E-state index contributed by atoms with van der Waals surface area (Å²) in [6.07, 6.45) is 3.57. The Morgan fingerprint density at radius 3 is 2.80 bits per heavy atom. The first-order valence-corrected chi connectivity index (χ1v) is 10.7. The van der Waals surface area contributed by atoms with Gasteiger partial charge in [-0.3, -0.25) is 4.79 Å². The van der Waals surface area contributed by atoms with Crippen LogP contribution in [0.15, 0.2) is 46.0 Å². The summed E-state index contributed by atoms with van der Waals surface area (Å²) in [7, 11) is -3.30. The number of halogens is 1. The van der Waals surface area contributed by atoms with Crippen molar-refractivity contribution in [3.8, 4) is 0 Å². The van der Waals surface area contributed by atoms with Gasteiger partial charge in [0.2, 0.25) is 5.91 Å². The maximum Gasteiger partial charge on any atom is 0.224 e. The van der Waals surface area contributed by atoms with E-state index in [1.807, 2.05) is 12.1 Å². The molecule has 3 unspecified atom stereocenters. The monoisotopic (exact) mass is 420 g/mol. The number of nitrogens with one attached hydrogen (secondary N) is 1. The van der Waals surface area contributed by atoms with E-state index in [4.69, 9.17) is 0 Å². The second-order valence-corrected chi connectivity index (χ2v) is 9.54. The molecule has 0 spiro atoms. The van der Waals surface area contributed by atoms with Crippen molar-refractivity contribution in [3.63, 3.8) is 0 Å². The molecule has 1 amide bonds. The first-order chi connectivity index (χ1) is 11.9. The molecule has 2 aromatic rings. The molecule has 1 fully saturated rings. The van der Waals surface area contributed by atoms with E-state index in [-0.39, 0.29) is 16.9 Å². The molecule has 4 rings (SSSR count). The fourth-order valence-corrected chi connectivity index (χ4v) is 4.89. The number of pyridine rings is 1. The number of hydrogen-bond acceptors (Lipinski definition) is 4. The zero-order chi connectivity index (χ0) is 17.8. The van der Waals surface area contributed by atoms with E-state index in [2.05, 4.69) is 32.3 Å². The largest absolute Gasteiger partial charge is 0.352 e. The lowest BCUT2D eigenvalue weighted by Crippen LogP contribution is -2.26. The lowest BCUT2D eigenvalue weighted by molar-refractivity contribution is -0.122. The normalized spacial score (nSPS) is 23.7. The molecule has 3 atom stereocenters. The van der Waals surface area contributed by atoms with E-state index < -0.39 is 9.84 Å². The number of benzene rings is 1. The van der Waals surface area contributed by atoms with Gasteiger partial charge in [0.15, 0.2) is 14.9 Å². The lowest BCUT2D eigenvalue weighted by Gasteiger charge is -2.10. The number of hydrogen-bond donors (Lipinski definition) is 1. The molecular weight excluding hydrogens is 404 g/mol. The van der Waals surface area contributed by atoms with Crippen molar-refractivity contribution in [3.05, 3.63) is 57.7 Å². The van der Waals surface area contributed by atoms with Gasteiger partial charge >= 0.3 is 0 Å². The summed E-state index contributed by atoms with van der Waals surface area (Å²) in [6.45, 7) is 0.358. The molecule has 1 N–H and O–H groups in total. The van der Waals surface area contributed by atoms with Crippen LogP contribution >= 0.6 is 15.9 Å². The smallest absolute Gasteiger partial charge is 0.224 e. The molecule has 130 valence electrons. The Balaban J connectivity index is 1.39. The zero-order valence-corrected chi connectivity index (χ0v) is 16.0. The predicted molar refractivity (Wildman–Crippen MR) is 96.8 cm³/mol. The molecule has 0 aliphatic heterocycles. The molecule has 1 saturated carbocycles. The number of amides is 1. The summed E-state index contributed by atoms with van der Waals surface area (Å²) in [5, 5.41) is 3.00. The zero-order valence-electron chi connectivity index (χ0n) is 13.6. The minimum Gasteiger partial charge on any atom is -0.352 e. The Labute approximate surface area is 154 Å². The highest BCUT2D eigenvalue weighted by atomic mass is 79.9. The molecule has 1 aromatic carbocycles. The van der Waals surface area contributed by atoms with Crippen molar-refractivity contribution in [2.75, 3.05) is 6.26 Å². The summed E-state index contributed by atoms with van der Waals surface area (Å²) in [5.41, 5.74) is 3.41. The first-order valence-electron chi connectivity index (χ1n) is 8.06. The summed E-state index contributed by atoms with van der Waals surface area (Å²) >= 11 is 3.58. The SMILES string of the molecule is CS(=O)(=O)c1ccc(CNC(=O)C2C3Cc4c(Br)cccc4C32)cn1. The van der Waals surface area contributed by atoms with E-state index in [9.17, 15) is 13.2 Å². The standard InChI is InChI=1S/C18H17BrN2O3S/c1-25(23,24)15-6-5-10(8-20-15)9-21-18(22)17-13-7-12-11(16(13)17)3-2-4-14(12)19/h2-6,8,13,16-17H,7,9H2,1H3,(H,21,22). The van der Waals surface area contributed by atoms with Crippen LogP contribution in [0.2, 0.25) is 0 Å². The van der Waals surface area contributed by atoms with Gasteiger partial charge in [-0.1, -0.05) is 34.1 Å². The van der Waals surface area contributed by atoms with Gasteiger partial charge in [0, 0.05) is 29.4 Å². The molecular formula is C18H17BrN2O3S. The Morgan fingerprint density at radius 1 is 1.32 bits per heavy atom. The number of fused-ring (bicyclic) bond motifs is 3. The van der Waals surface area contributed by atoms with Crippen LogP contribution in [-0.4, -0.2) is 25.6 Å². The summed E-state index contributed by atoms with van der Waals surface area (Å²) in [4.78, 5) is 16.4. The second-order valence-electron chi connectivity index (χ2n) is 6.72. The molecule has 1 heterocycles. The minimum absolute atomic E-state index is 0.0430. The van der Waals surface area contributed by atoms with Gasteiger partial charge in [0.1, 0.15) is 0 Å². The third-order valence-electron chi connectivity index (χ3n) is 5.07. The van der Waals surface area contributed by atoms with Crippen molar-refractivity contribution < 1.29 is 13.2 Å². The molecule has 0 bridgehead atoms. The van der Waals surface area contributed by atoms with Crippen molar-refractivity contribution >= 4 is 31.7 Å².